The molecule has 3 rings (SSSR count). The molecule has 0 saturated heterocycles. The number of halogens is 1. The van der Waals surface area contributed by atoms with Gasteiger partial charge in [-0.3, -0.25) is 9.52 Å². The molecule has 0 aliphatic rings. The Labute approximate surface area is 167 Å². The van der Waals surface area contributed by atoms with Gasteiger partial charge in [0.05, 0.1) is 12.3 Å². The average Bonchev–Trinajstić information content (AvgIpc) is 3.13. The van der Waals surface area contributed by atoms with E-state index in [1.807, 2.05) is 29.6 Å². The van der Waals surface area contributed by atoms with Crippen LogP contribution in [0.2, 0.25) is 5.02 Å². The standard InChI is InChI=1S/C19H17ClN2O3S2/c1-27(24,25)22-16-5-2-4-14(12-16)19(23)21-18(17-6-3-11-26-17)13-7-9-15(20)10-8-13/h2-12,18,22H,1H3,(H,21,23). The Hall–Kier alpha value is -2.35. The van der Waals surface area contributed by atoms with E-state index in [1.54, 1.807) is 30.3 Å². The molecule has 1 aromatic heterocycles. The van der Waals surface area contributed by atoms with Crippen molar-refractivity contribution in [3.63, 3.8) is 0 Å². The zero-order chi connectivity index (χ0) is 19.4. The van der Waals surface area contributed by atoms with Gasteiger partial charge >= 0.3 is 0 Å². The third-order valence-corrected chi connectivity index (χ3v) is 5.53. The van der Waals surface area contributed by atoms with Crippen molar-refractivity contribution in [1.29, 1.82) is 0 Å². The number of hydrogen-bond acceptors (Lipinski definition) is 4. The van der Waals surface area contributed by atoms with E-state index >= 15 is 0 Å². The largest absolute Gasteiger partial charge is 0.340 e. The van der Waals surface area contributed by atoms with Crippen molar-refractivity contribution in [3.8, 4) is 0 Å². The smallest absolute Gasteiger partial charge is 0.252 e. The lowest BCUT2D eigenvalue weighted by Crippen LogP contribution is -2.28. The van der Waals surface area contributed by atoms with Crippen LogP contribution < -0.4 is 10.0 Å². The molecule has 1 heterocycles. The fourth-order valence-electron chi connectivity index (χ4n) is 2.58. The van der Waals surface area contributed by atoms with Gasteiger partial charge in [-0.1, -0.05) is 35.9 Å². The number of amides is 1. The van der Waals surface area contributed by atoms with Crippen LogP contribution in [-0.4, -0.2) is 20.6 Å². The number of anilines is 1. The molecule has 1 atom stereocenters. The molecule has 3 aromatic rings. The maximum absolute atomic E-state index is 12.8. The normalized spacial score (nSPS) is 12.4. The number of thiophene rings is 1. The third-order valence-electron chi connectivity index (χ3n) is 3.73. The van der Waals surface area contributed by atoms with Gasteiger partial charge in [-0.05, 0) is 47.3 Å². The lowest BCUT2D eigenvalue weighted by molar-refractivity contribution is 0.0943. The fraction of sp³-hybridized carbons (Fsp3) is 0.105. The van der Waals surface area contributed by atoms with E-state index in [-0.39, 0.29) is 11.9 Å². The quantitative estimate of drug-likeness (QED) is 0.624. The summed E-state index contributed by atoms with van der Waals surface area (Å²) in [6, 6.07) is 17.2. The number of rotatable bonds is 6. The first-order chi connectivity index (χ1) is 12.8. The van der Waals surface area contributed by atoms with E-state index in [2.05, 4.69) is 10.0 Å². The van der Waals surface area contributed by atoms with Gasteiger partial charge in [0.15, 0.2) is 0 Å². The fourth-order valence-corrected chi connectivity index (χ4v) is 4.07. The Bertz CT molecular complexity index is 1030. The minimum Gasteiger partial charge on any atom is -0.340 e. The molecule has 0 spiro atoms. The molecule has 8 heteroatoms. The Balaban J connectivity index is 1.87. The minimum absolute atomic E-state index is 0.305. The van der Waals surface area contributed by atoms with E-state index in [0.717, 1.165) is 16.7 Å². The molecule has 1 unspecified atom stereocenters. The number of benzene rings is 2. The van der Waals surface area contributed by atoms with Gasteiger partial charge in [-0.2, -0.15) is 0 Å². The van der Waals surface area contributed by atoms with Gasteiger partial charge in [0, 0.05) is 21.2 Å². The van der Waals surface area contributed by atoms with Crippen molar-refractivity contribution < 1.29 is 13.2 Å². The van der Waals surface area contributed by atoms with E-state index in [4.69, 9.17) is 11.6 Å². The van der Waals surface area contributed by atoms with Gasteiger partial charge in [-0.25, -0.2) is 8.42 Å². The predicted molar refractivity (Wildman–Crippen MR) is 110 cm³/mol. The summed E-state index contributed by atoms with van der Waals surface area (Å²) in [4.78, 5) is 13.8. The molecule has 27 heavy (non-hydrogen) atoms. The van der Waals surface area contributed by atoms with Crippen molar-refractivity contribution in [3.05, 3.63) is 87.1 Å². The molecule has 140 valence electrons. The third kappa shape index (κ3) is 5.32. The molecule has 0 saturated carbocycles. The molecular weight excluding hydrogens is 404 g/mol. The average molecular weight is 421 g/mol. The molecule has 0 radical (unpaired) electrons. The van der Waals surface area contributed by atoms with Crippen LogP contribution in [0.3, 0.4) is 0 Å². The molecule has 0 bridgehead atoms. The lowest BCUT2D eigenvalue weighted by atomic mass is 10.0. The van der Waals surface area contributed by atoms with Crippen molar-refractivity contribution in [2.75, 3.05) is 11.0 Å². The Morgan fingerprint density at radius 3 is 2.44 bits per heavy atom. The second-order valence-electron chi connectivity index (χ2n) is 5.93. The SMILES string of the molecule is CS(=O)(=O)Nc1cccc(C(=O)NC(c2ccc(Cl)cc2)c2cccs2)c1. The highest BCUT2D eigenvalue weighted by Gasteiger charge is 2.19. The maximum atomic E-state index is 12.8. The molecule has 0 aliphatic carbocycles. The summed E-state index contributed by atoms with van der Waals surface area (Å²) in [6.07, 6.45) is 1.06. The number of carbonyl (C=O) groups is 1. The van der Waals surface area contributed by atoms with Gasteiger partial charge in [0.1, 0.15) is 0 Å². The van der Waals surface area contributed by atoms with E-state index in [1.165, 1.54) is 17.4 Å². The molecule has 5 nitrogen and oxygen atoms in total. The van der Waals surface area contributed by atoms with Crippen molar-refractivity contribution in [2.24, 2.45) is 0 Å². The minimum atomic E-state index is -3.42. The first-order valence-corrected chi connectivity index (χ1v) is 11.1. The van der Waals surface area contributed by atoms with Gasteiger partial charge in [0.2, 0.25) is 10.0 Å². The van der Waals surface area contributed by atoms with Crippen molar-refractivity contribution in [2.45, 2.75) is 6.04 Å². The second kappa shape index (κ2) is 8.12. The van der Waals surface area contributed by atoms with Crippen LogP contribution in [0.25, 0.3) is 0 Å². The van der Waals surface area contributed by atoms with E-state index in [0.29, 0.717) is 16.3 Å². The van der Waals surface area contributed by atoms with Crippen molar-refractivity contribution >= 4 is 44.6 Å². The van der Waals surface area contributed by atoms with Crippen LogP contribution in [0.1, 0.15) is 26.8 Å². The summed E-state index contributed by atoms with van der Waals surface area (Å²) in [5, 5.41) is 5.58. The molecule has 2 N–H and O–H groups in total. The summed E-state index contributed by atoms with van der Waals surface area (Å²) >= 11 is 7.51. The monoisotopic (exact) mass is 420 g/mol. The summed E-state index contributed by atoms with van der Waals surface area (Å²) in [7, 11) is -3.42. The number of sulfonamides is 1. The van der Waals surface area contributed by atoms with Crippen LogP contribution >= 0.6 is 22.9 Å². The zero-order valence-electron chi connectivity index (χ0n) is 14.3. The first kappa shape index (κ1) is 19.4. The zero-order valence-corrected chi connectivity index (χ0v) is 16.7. The van der Waals surface area contributed by atoms with Crippen molar-refractivity contribution in [1.82, 2.24) is 5.32 Å². The highest BCUT2D eigenvalue weighted by Crippen LogP contribution is 2.27. The van der Waals surface area contributed by atoms with Gasteiger partial charge in [0.25, 0.3) is 5.91 Å². The Kier molecular flexibility index (Phi) is 5.84. The lowest BCUT2D eigenvalue weighted by Gasteiger charge is -2.18. The molecule has 1 amide bonds. The molecule has 0 fully saturated rings. The second-order valence-corrected chi connectivity index (χ2v) is 9.09. The van der Waals surface area contributed by atoms with E-state index < -0.39 is 10.0 Å². The van der Waals surface area contributed by atoms with Gasteiger partial charge < -0.3 is 5.32 Å². The van der Waals surface area contributed by atoms with Gasteiger partial charge in [-0.15, -0.1) is 11.3 Å². The number of carbonyl (C=O) groups excluding carboxylic acids is 1. The molecule has 2 aromatic carbocycles. The van der Waals surface area contributed by atoms with E-state index in [9.17, 15) is 13.2 Å². The van der Waals surface area contributed by atoms with Crippen LogP contribution in [-0.2, 0) is 10.0 Å². The topological polar surface area (TPSA) is 75.3 Å². The molecule has 0 aliphatic heterocycles. The maximum Gasteiger partial charge on any atom is 0.252 e. The van der Waals surface area contributed by atoms with Crippen LogP contribution in [0.15, 0.2) is 66.0 Å². The molecular formula is C19H17ClN2O3S2. The summed E-state index contributed by atoms with van der Waals surface area (Å²) < 4.78 is 25.2. The van der Waals surface area contributed by atoms with Crippen LogP contribution in [0.4, 0.5) is 5.69 Å². The first-order valence-electron chi connectivity index (χ1n) is 7.99. The Morgan fingerprint density at radius 2 is 1.81 bits per heavy atom. The highest BCUT2D eigenvalue weighted by molar-refractivity contribution is 7.92. The summed E-state index contributed by atoms with van der Waals surface area (Å²) in [6.45, 7) is 0. The highest BCUT2D eigenvalue weighted by atomic mass is 35.5. The van der Waals surface area contributed by atoms with Crippen LogP contribution in [0, 0.1) is 0 Å². The summed E-state index contributed by atoms with van der Waals surface area (Å²) in [5.41, 5.74) is 1.60. The summed E-state index contributed by atoms with van der Waals surface area (Å²) in [5.74, 6) is -0.305. The van der Waals surface area contributed by atoms with Crippen LogP contribution in [0.5, 0.6) is 0 Å². The predicted octanol–water partition coefficient (Wildman–Crippen LogP) is 4.29. The number of nitrogens with one attached hydrogen (secondary N) is 2. The number of hydrogen-bond donors (Lipinski definition) is 2. The Morgan fingerprint density at radius 1 is 1.07 bits per heavy atom.